The van der Waals surface area contributed by atoms with E-state index in [0.29, 0.717) is 6.04 Å². The predicted octanol–water partition coefficient (Wildman–Crippen LogP) is 2.50. The van der Waals surface area contributed by atoms with Gasteiger partial charge in [0.15, 0.2) is 0 Å². The standard InChI is InChI=1S/C16H21N3O/c1-4-11(2)8-18-10-13-6-5-7-14-15(13)19(9-12(18)3)16(20)17-14/h4-7,12H,8-10H2,1-3H3,(H,17,20)/b11-4-. The van der Waals surface area contributed by atoms with Gasteiger partial charge in [-0.05, 0) is 32.4 Å². The van der Waals surface area contributed by atoms with Crippen LogP contribution in [-0.4, -0.2) is 27.0 Å². The van der Waals surface area contributed by atoms with Gasteiger partial charge in [-0.15, -0.1) is 0 Å². The number of nitrogens with one attached hydrogen (secondary N) is 1. The summed E-state index contributed by atoms with van der Waals surface area (Å²) in [6.07, 6.45) is 2.16. The van der Waals surface area contributed by atoms with Crippen LogP contribution in [0.15, 0.2) is 34.6 Å². The zero-order chi connectivity index (χ0) is 14.3. The summed E-state index contributed by atoms with van der Waals surface area (Å²) in [4.78, 5) is 17.5. The number of aromatic nitrogens is 2. The van der Waals surface area contributed by atoms with Crippen LogP contribution in [-0.2, 0) is 13.1 Å². The number of nitrogens with zero attached hydrogens (tertiary/aromatic N) is 2. The number of imidazole rings is 1. The van der Waals surface area contributed by atoms with Crippen molar-refractivity contribution in [1.82, 2.24) is 14.5 Å². The number of hydrogen-bond donors (Lipinski definition) is 1. The monoisotopic (exact) mass is 271 g/mol. The molecular formula is C16H21N3O. The van der Waals surface area contributed by atoms with E-state index in [1.54, 1.807) is 0 Å². The first kappa shape index (κ1) is 13.2. The largest absolute Gasteiger partial charge is 0.326 e. The average molecular weight is 271 g/mol. The number of rotatable bonds is 2. The van der Waals surface area contributed by atoms with E-state index in [0.717, 1.165) is 30.7 Å². The van der Waals surface area contributed by atoms with Gasteiger partial charge in [0.1, 0.15) is 0 Å². The Bertz CT molecular complexity index is 723. The Balaban J connectivity index is 2.08. The Morgan fingerprint density at radius 3 is 3.05 bits per heavy atom. The van der Waals surface area contributed by atoms with Crippen molar-refractivity contribution in [2.75, 3.05) is 6.54 Å². The van der Waals surface area contributed by atoms with Gasteiger partial charge in [-0.25, -0.2) is 4.79 Å². The number of hydrogen-bond acceptors (Lipinski definition) is 2. The smallest absolute Gasteiger partial charge is 0.306 e. The van der Waals surface area contributed by atoms with Gasteiger partial charge in [-0.3, -0.25) is 9.47 Å². The quantitative estimate of drug-likeness (QED) is 0.853. The maximum atomic E-state index is 12.1. The van der Waals surface area contributed by atoms with Crippen LogP contribution in [0.25, 0.3) is 11.0 Å². The minimum Gasteiger partial charge on any atom is -0.306 e. The van der Waals surface area contributed by atoms with Gasteiger partial charge in [0.2, 0.25) is 0 Å². The Labute approximate surface area is 118 Å². The molecule has 0 bridgehead atoms. The first-order chi connectivity index (χ1) is 9.60. The number of benzene rings is 1. The van der Waals surface area contributed by atoms with E-state index >= 15 is 0 Å². The van der Waals surface area contributed by atoms with E-state index < -0.39 is 0 Å². The Kier molecular flexibility index (Phi) is 3.26. The fourth-order valence-corrected chi connectivity index (χ4v) is 2.97. The van der Waals surface area contributed by atoms with Crippen molar-refractivity contribution in [2.24, 2.45) is 0 Å². The topological polar surface area (TPSA) is 41.0 Å². The van der Waals surface area contributed by atoms with Crippen LogP contribution in [0.2, 0.25) is 0 Å². The van der Waals surface area contributed by atoms with Gasteiger partial charge in [0.25, 0.3) is 0 Å². The van der Waals surface area contributed by atoms with E-state index in [-0.39, 0.29) is 5.69 Å². The molecule has 4 heteroatoms. The molecule has 0 spiro atoms. The zero-order valence-electron chi connectivity index (χ0n) is 12.3. The minimum atomic E-state index is 0.00362. The van der Waals surface area contributed by atoms with Crippen molar-refractivity contribution < 1.29 is 0 Å². The molecule has 0 amide bonds. The molecule has 0 fully saturated rings. The fraction of sp³-hybridized carbons (Fsp3) is 0.438. The Hall–Kier alpha value is -1.81. The number of H-pyrrole nitrogens is 1. The van der Waals surface area contributed by atoms with E-state index in [1.165, 1.54) is 11.1 Å². The maximum absolute atomic E-state index is 12.1. The first-order valence-electron chi connectivity index (χ1n) is 7.16. The van der Waals surface area contributed by atoms with Crippen LogP contribution in [0.3, 0.4) is 0 Å². The lowest BCUT2D eigenvalue weighted by atomic mass is 10.1. The molecule has 4 nitrogen and oxygen atoms in total. The van der Waals surface area contributed by atoms with E-state index in [1.807, 2.05) is 16.7 Å². The maximum Gasteiger partial charge on any atom is 0.326 e. The van der Waals surface area contributed by atoms with Crippen molar-refractivity contribution in [3.8, 4) is 0 Å². The number of para-hydroxylation sites is 1. The Morgan fingerprint density at radius 2 is 2.30 bits per heavy atom. The molecule has 1 aromatic carbocycles. The highest BCUT2D eigenvalue weighted by molar-refractivity contribution is 5.79. The predicted molar refractivity (Wildman–Crippen MR) is 81.9 cm³/mol. The van der Waals surface area contributed by atoms with Crippen LogP contribution in [0.5, 0.6) is 0 Å². The van der Waals surface area contributed by atoms with E-state index in [2.05, 4.69) is 42.8 Å². The highest BCUT2D eigenvalue weighted by Crippen LogP contribution is 2.23. The van der Waals surface area contributed by atoms with Gasteiger partial charge < -0.3 is 4.98 Å². The molecule has 1 N–H and O–H groups in total. The second kappa shape index (κ2) is 4.94. The molecule has 1 aromatic heterocycles. The normalized spacial score (nSPS) is 20.4. The van der Waals surface area contributed by atoms with Gasteiger partial charge in [-0.1, -0.05) is 23.8 Å². The molecule has 20 heavy (non-hydrogen) atoms. The van der Waals surface area contributed by atoms with Crippen LogP contribution in [0.1, 0.15) is 26.3 Å². The molecule has 1 aliphatic rings. The second-order valence-electron chi connectivity index (χ2n) is 5.74. The summed E-state index contributed by atoms with van der Waals surface area (Å²) in [5.74, 6) is 0. The molecule has 106 valence electrons. The van der Waals surface area contributed by atoms with Gasteiger partial charge in [0, 0.05) is 25.7 Å². The van der Waals surface area contributed by atoms with Crippen molar-refractivity contribution in [1.29, 1.82) is 0 Å². The average Bonchev–Trinajstić information content (AvgIpc) is 2.66. The number of allylic oxidation sites excluding steroid dienone is 1. The van der Waals surface area contributed by atoms with Gasteiger partial charge >= 0.3 is 5.69 Å². The lowest BCUT2D eigenvalue weighted by molar-refractivity contribution is 0.205. The van der Waals surface area contributed by atoms with Gasteiger partial charge in [-0.2, -0.15) is 0 Å². The minimum absolute atomic E-state index is 0.00362. The summed E-state index contributed by atoms with van der Waals surface area (Å²) in [6.45, 7) is 9.02. The summed E-state index contributed by atoms with van der Waals surface area (Å²) in [5, 5.41) is 0. The summed E-state index contributed by atoms with van der Waals surface area (Å²) < 4.78 is 1.89. The van der Waals surface area contributed by atoms with E-state index in [4.69, 9.17) is 0 Å². The molecule has 2 heterocycles. The highest BCUT2D eigenvalue weighted by atomic mass is 16.1. The molecule has 1 unspecified atom stereocenters. The third kappa shape index (κ3) is 2.10. The molecule has 2 aromatic rings. The van der Waals surface area contributed by atoms with Crippen LogP contribution < -0.4 is 5.69 Å². The summed E-state index contributed by atoms with van der Waals surface area (Å²) in [7, 11) is 0. The third-order valence-electron chi connectivity index (χ3n) is 4.27. The third-order valence-corrected chi connectivity index (χ3v) is 4.27. The van der Waals surface area contributed by atoms with Crippen molar-refractivity contribution in [2.45, 2.75) is 39.9 Å². The Morgan fingerprint density at radius 1 is 1.50 bits per heavy atom. The van der Waals surface area contributed by atoms with Crippen LogP contribution in [0.4, 0.5) is 0 Å². The summed E-state index contributed by atoms with van der Waals surface area (Å²) in [6, 6.07) is 6.47. The van der Waals surface area contributed by atoms with Crippen LogP contribution in [0, 0.1) is 0 Å². The molecule has 0 aliphatic carbocycles. The van der Waals surface area contributed by atoms with Crippen molar-refractivity contribution in [3.63, 3.8) is 0 Å². The fourth-order valence-electron chi connectivity index (χ4n) is 2.97. The zero-order valence-corrected chi connectivity index (χ0v) is 12.3. The highest BCUT2D eigenvalue weighted by Gasteiger charge is 2.23. The summed E-state index contributed by atoms with van der Waals surface area (Å²) in [5.41, 5.74) is 4.62. The molecule has 3 rings (SSSR count). The second-order valence-corrected chi connectivity index (χ2v) is 5.74. The lowest BCUT2D eigenvalue weighted by Gasteiger charge is -2.27. The summed E-state index contributed by atoms with van der Waals surface area (Å²) >= 11 is 0. The lowest BCUT2D eigenvalue weighted by Crippen LogP contribution is -2.36. The molecule has 0 radical (unpaired) electrons. The van der Waals surface area contributed by atoms with Crippen molar-refractivity contribution >= 4 is 11.0 Å². The molecule has 0 saturated carbocycles. The van der Waals surface area contributed by atoms with E-state index in [9.17, 15) is 4.79 Å². The molecule has 1 aliphatic heterocycles. The molecular weight excluding hydrogens is 250 g/mol. The van der Waals surface area contributed by atoms with Gasteiger partial charge in [0.05, 0.1) is 11.0 Å². The molecule has 0 saturated heterocycles. The van der Waals surface area contributed by atoms with Crippen LogP contribution >= 0.6 is 0 Å². The van der Waals surface area contributed by atoms with Crippen molar-refractivity contribution in [3.05, 3.63) is 45.9 Å². The number of aromatic amines is 1. The SMILES string of the molecule is C/C=C(/C)CN1Cc2cccc3[nH]c(=O)n(c23)CC1C. The molecule has 1 atom stereocenters. The first-order valence-corrected chi connectivity index (χ1v) is 7.16.